The first-order chi connectivity index (χ1) is 29.8. The SMILES string of the molecule is Brc1ccccn1.CCOC(=O)N1CCC2(CC(N3CCC([C@@H]4CCCN4)CC3)C2)C1.CCOC(=O)N1CCC2(CC(N3CCC([C@@H]4CCCN4c4ccccn4)CC3)C2)C1.Cl. The Morgan fingerprint density at radius 2 is 1.24 bits per heavy atom. The summed E-state index contributed by atoms with van der Waals surface area (Å²) < 4.78 is 11.2. The van der Waals surface area contributed by atoms with Crippen LogP contribution < -0.4 is 10.2 Å². The Balaban J connectivity index is 0.000000162. The molecule has 2 aromatic rings. The van der Waals surface area contributed by atoms with Gasteiger partial charge < -0.3 is 39.3 Å². The number of carbonyl (C=O) groups excluding carboxylic acids is 2. The monoisotopic (exact) mass is 940 g/mol. The minimum Gasteiger partial charge on any atom is -0.450 e. The van der Waals surface area contributed by atoms with E-state index in [1.807, 2.05) is 54.1 Å². The number of hydrogen-bond acceptors (Lipinski definition) is 10. The Hall–Kier alpha value is -2.71. The number of nitrogens with one attached hydrogen (secondary N) is 1. The summed E-state index contributed by atoms with van der Waals surface area (Å²) in [6.07, 6.45) is 21.6. The number of likely N-dealkylation sites (tertiary alicyclic amines) is 4. The van der Waals surface area contributed by atoms with Crippen LogP contribution in [0.5, 0.6) is 0 Å². The van der Waals surface area contributed by atoms with Crippen molar-refractivity contribution in [3.8, 4) is 0 Å². The fourth-order valence-electron chi connectivity index (χ4n) is 12.6. The molecule has 2 atom stereocenters. The van der Waals surface area contributed by atoms with E-state index in [0.29, 0.717) is 30.1 Å². The third kappa shape index (κ3) is 11.4. The average Bonchev–Trinajstić information content (AvgIpc) is 4.11. The average molecular weight is 943 g/mol. The van der Waals surface area contributed by atoms with Gasteiger partial charge in [0.25, 0.3) is 0 Å². The van der Waals surface area contributed by atoms with Gasteiger partial charge in [-0.25, -0.2) is 19.6 Å². The predicted molar refractivity (Wildman–Crippen MR) is 251 cm³/mol. The molecule has 2 aliphatic carbocycles. The topological polar surface area (TPSA) is 107 Å². The molecule has 0 bridgehead atoms. The maximum Gasteiger partial charge on any atom is 0.409 e. The van der Waals surface area contributed by atoms with Crippen LogP contribution in [0.15, 0.2) is 53.4 Å². The van der Waals surface area contributed by atoms with Crippen molar-refractivity contribution < 1.29 is 19.1 Å². The molecule has 0 aromatic carbocycles. The van der Waals surface area contributed by atoms with Crippen molar-refractivity contribution in [2.24, 2.45) is 22.7 Å². The highest BCUT2D eigenvalue weighted by Gasteiger charge is 2.53. The maximum absolute atomic E-state index is 12.0. The van der Waals surface area contributed by atoms with Crippen LogP contribution in [0.2, 0.25) is 0 Å². The zero-order valence-corrected chi connectivity index (χ0v) is 39.9. The number of rotatable bonds is 7. The van der Waals surface area contributed by atoms with Crippen LogP contribution in [-0.4, -0.2) is 145 Å². The van der Waals surface area contributed by atoms with Crippen LogP contribution in [0.4, 0.5) is 15.4 Å². The van der Waals surface area contributed by atoms with E-state index in [2.05, 4.69) is 58.0 Å². The number of amides is 2. The molecule has 2 aromatic heterocycles. The fourth-order valence-corrected chi connectivity index (χ4v) is 12.8. The third-order valence-electron chi connectivity index (χ3n) is 15.9. The Bertz CT molecular complexity index is 1680. The summed E-state index contributed by atoms with van der Waals surface area (Å²) in [6, 6.07) is 14.9. The molecule has 1 N–H and O–H groups in total. The first kappa shape index (κ1) is 47.3. The quantitative estimate of drug-likeness (QED) is 0.272. The van der Waals surface area contributed by atoms with E-state index < -0.39 is 0 Å². The molecule has 6 aliphatic heterocycles. The van der Waals surface area contributed by atoms with Gasteiger partial charge in [0.05, 0.1) is 13.2 Å². The predicted octanol–water partition coefficient (Wildman–Crippen LogP) is 8.50. The van der Waals surface area contributed by atoms with Gasteiger partial charge in [-0.2, -0.15) is 0 Å². The molecule has 8 heterocycles. The summed E-state index contributed by atoms with van der Waals surface area (Å²) in [7, 11) is 0. The fraction of sp³-hybridized carbons (Fsp3) is 0.750. The molecule has 12 nitrogen and oxygen atoms in total. The largest absolute Gasteiger partial charge is 0.450 e. The van der Waals surface area contributed by atoms with Crippen molar-refractivity contribution in [1.82, 2.24) is 34.9 Å². The second-order valence-electron chi connectivity index (χ2n) is 19.6. The molecule has 6 saturated heterocycles. The van der Waals surface area contributed by atoms with E-state index in [0.717, 1.165) is 79.5 Å². The minimum atomic E-state index is -0.118. The van der Waals surface area contributed by atoms with Gasteiger partial charge in [-0.15, -0.1) is 12.4 Å². The van der Waals surface area contributed by atoms with Crippen LogP contribution in [0.1, 0.15) is 104 Å². The van der Waals surface area contributed by atoms with Crippen LogP contribution >= 0.6 is 28.3 Å². The van der Waals surface area contributed by atoms with Gasteiger partial charge in [0.1, 0.15) is 10.4 Å². The van der Waals surface area contributed by atoms with Crippen LogP contribution in [-0.2, 0) is 9.47 Å². The molecule has 10 rings (SSSR count). The van der Waals surface area contributed by atoms with Gasteiger partial charge in [-0.05, 0) is 199 Å². The highest BCUT2D eigenvalue weighted by Crippen LogP contribution is 2.52. The number of ether oxygens (including phenoxy) is 2. The Morgan fingerprint density at radius 1 is 0.694 bits per heavy atom. The van der Waals surface area contributed by atoms with Gasteiger partial charge in [0.2, 0.25) is 0 Å². The van der Waals surface area contributed by atoms with Gasteiger partial charge in [0, 0.05) is 69.3 Å². The number of halogens is 2. The zero-order valence-electron chi connectivity index (χ0n) is 37.5. The molecule has 62 heavy (non-hydrogen) atoms. The first-order valence-electron chi connectivity index (χ1n) is 24.0. The van der Waals surface area contributed by atoms with Gasteiger partial charge in [-0.3, -0.25) is 0 Å². The van der Waals surface area contributed by atoms with Crippen molar-refractivity contribution in [2.45, 2.75) is 128 Å². The molecule has 0 radical (unpaired) electrons. The van der Waals surface area contributed by atoms with Crippen LogP contribution in [0, 0.1) is 22.7 Å². The van der Waals surface area contributed by atoms with E-state index in [1.54, 1.807) is 6.20 Å². The highest BCUT2D eigenvalue weighted by molar-refractivity contribution is 9.10. The van der Waals surface area contributed by atoms with E-state index in [4.69, 9.17) is 9.47 Å². The Morgan fingerprint density at radius 3 is 1.69 bits per heavy atom. The number of aromatic nitrogens is 2. The number of anilines is 1. The molecule has 2 amide bonds. The van der Waals surface area contributed by atoms with Crippen LogP contribution in [0.25, 0.3) is 0 Å². The number of piperidine rings is 2. The summed E-state index contributed by atoms with van der Waals surface area (Å²) in [6.45, 7) is 15.7. The molecule has 8 aliphatic rings. The summed E-state index contributed by atoms with van der Waals surface area (Å²) in [5.41, 5.74) is 0.775. The maximum atomic E-state index is 12.0. The number of pyridine rings is 2. The zero-order chi connectivity index (χ0) is 42.2. The number of hydrogen-bond donors (Lipinski definition) is 1. The Labute approximate surface area is 386 Å². The van der Waals surface area contributed by atoms with E-state index >= 15 is 0 Å². The Kier molecular flexibility index (Phi) is 16.8. The highest BCUT2D eigenvalue weighted by atomic mass is 79.9. The second-order valence-corrected chi connectivity index (χ2v) is 20.4. The van der Waals surface area contributed by atoms with E-state index in [1.165, 1.54) is 116 Å². The van der Waals surface area contributed by atoms with Gasteiger partial charge in [0.15, 0.2) is 0 Å². The summed E-state index contributed by atoms with van der Waals surface area (Å²) in [5, 5.41) is 3.70. The molecular formula is C48H74BrClN8O4. The minimum absolute atomic E-state index is 0. The molecule has 2 saturated carbocycles. The summed E-state index contributed by atoms with van der Waals surface area (Å²) in [5.74, 6) is 2.87. The number of nitrogens with zero attached hydrogens (tertiary/aromatic N) is 7. The lowest BCUT2D eigenvalue weighted by Gasteiger charge is -2.52. The normalized spacial score (nSPS) is 31.4. The smallest absolute Gasteiger partial charge is 0.409 e. The third-order valence-corrected chi connectivity index (χ3v) is 16.3. The van der Waals surface area contributed by atoms with Crippen LogP contribution in [0.3, 0.4) is 0 Å². The summed E-state index contributed by atoms with van der Waals surface area (Å²) >= 11 is 3.20. The van der Waals surface area contributed by atoms with Crippen molar-refractivity contribution in [3.05, 3.63) is 53.4 Å². The van der Waals surface area contributed by atoms with Crippen molar-refractivity contribution in [2.75, 3.05) is 83.6 Å². The molecule has 2 spiro atoms. The molecule has 14 heteroatoms. The molecule has 0 unspecified atom stereocenters. The summed E-state index contributed by atoms with van der Waals surface area (Å²) in [4.78, 5) is 44.4. The van der Waals surface area contributed by atoms with Crippen molar-refractivity contribution >= 4 is 46.3 Å². The lowest BCUT2D eigenvalue weighted by molar-refractivity contribution is -0.0116. The second kappa shape index (κ2) is 22.0. The lowest BCUT2D eigenvalue weighted by Crippen LogP contribution is -2.55. The lowest BCUT2D eigenvalue weighted by atomic mass is 9.64. The van der Waals surface area contributed by atoms with Crippen molar-refractivity contribution in [3.63, 3.8) is 0 Å². The van der Waals surface area contributed by atoms with E-state index in [-0.39, 0.29) is 24.6 Å². The van der Waals surface area contributed by atoms with Gasteiger partial charge >= 0.3 is 12.2 Å². The standard InChI is InChI=1S/C24H36N4O2.C19H33N3O2.C5H4BrN.ClH/c1-2-30-23(29)27-15-10-24(18-27)16-20(17-24)26-13-8-19(9-14-26)21-6-5-12-28(21)22-7-3-4-11-25-22;1-2-24-18(23)22-11-7-19(14-22)12-16(13-19)21-9-5-15(6-10-21)17-4-3-8-20-17;6-5-3-1-2-4-7-5;/h3-4,7,11,19-21H,2,5-6,8-10,12-18H2,1H3;15-17,20H,2-14H2,1H3;1-4H;1H/t20?,21-,24?;16?,17-,19?;;/m00../s1. The van der Waals surface area contributed by atoms with Crippen molar-refractivity contribution in [1.29, 1.82) is 0 Å². The number of carbonyl (C=O) groups is 2. The molecule has 8 fully saturated rings. The van der Waals surface area contributed by atoms with Gasteiger partial charge in [-0.1, -0.05) is 12.1 Å². The first-order valence-corrected chi connectivity index (χ1v) is 24.8. The van der Waals surface area contributed by atoms with E-state index in [9.17, 15) is 9.59 Å². The molecule has 344 valence electrons. The molecular weight excluding hydrogens is 868 g/mol.